The molecule has 2 atom stereocenters. The van der Waals surface area contributed by atoms with Crippen LogP contribution in [0.3, 0.4) is 0 Å². The first-order chi connectivity index (χ1) is 12.6. The van der Waals surface area contributed by atoms with E-state index in [0.29, 0.717) is 32.8 Å². The number of rotatable bonds is 5. The van der Waals surface area contributed by atoms with E-state index in [1.807, 2.05) is 38.2 Å². The van der Waals surface area contributed by atoms with Crippen LogP contribution in [-0.4, -0.2) is 59.2 Å². The molecular formula is C19H24N4O3. The number of nitrogens with zero attached hydrogens (tertiary/aromatic N) is 4. The Balaban J connectivity index is 1.47. The standard InChI is InChI=1S/C19H24N4O3/c1-14-7-17(21-26-14)10-23-8-15-11-25-13-19(15,12-23)18(24)22(2)9-16-5-3-4-6-20-16/h3-7,15H,8-13H2,1-2H3/t15-,19-/m1/s1. The Morgan fingerprint density at radius 2 is 2.31 bits per heavy atom. The van der Waals surface area contributed by atoms with E-state index in [0.717, 1.165) is 23.7 Å². The van der Waals surface area contributed by atoms with Crippen LogP contribution in [-0.2, 0) is 22.6 Å². The van der Waals surface area contributed by atoms with Crippen molar-refractivity contribution in [1.82, 2.24) is 19.9 Å². The maximum absolute atomic E-state index is 13.3. The van der Waals surface area contributed by atoms with E-state index in [-0.39, 0.29) is 11.8 Å². The molecule has 0 saturated carbocycles. The number of amides is 1. The molecule has 26 heavy (non-hydrogen) atoms. The van der Waals surface area contributed by atoms with Gasteiger partial charge in [0.25, 0.3) is 0 Å². The van der Waals surface area contributed by atoms with Crippen LogP contribution in [0, 0.1) is 18.3 Å². The van der Waals surface area contributed by atoms with Gasteiger partial charge < -0.3 is 14.2 Å². The molecule has 7 nitrogen and oxygen atoms in total. The molecule has 0 aliphatic carbocycles. The monoisotopic (exact) mass is 356 g/mol. The van der Waals surface area contributed by atoms with E-state index in [1.54, 1.807) is 11.1 Å². The molecule has 4 rings (SSSR count). The van der Waals surface area contributed by atoms with E-state index in [4.69, 9.17) is 9.26 Å². The number of pyridine rings is 1. The van der Waals surface area contributed by atoms with Gasteiger partial charge >= 0.3 is 0 Å². The van der Waals surface area contributed by atoms with Gasteiger partial charge in [-0.3, -0.25) is 14.7 Å². The SMILES string of the molecule is Cc1cc(CN2C[C@@H]3COC[C@]3(C(=O)N(C)Cc3ccccn3)C2)no1. The van der Waals surface area contributed by atoms with Gasteiger partial charge in [-0.25, -0.2) is 0 Å². The van der Waals surface area contributed by atoms with Crippen LogP contribution in [0.25, 0.3) is 0 Å². The van der Waals surface area contributed by atoms with Crippen molar-refractivity contribution in [2.75, 3.05) is 33.4 Å². The average molecular weight is 356 g/mol. The molecule has 138 valence electrons. The van der Waals surface area contributed by atoms with Crippen molar-refractivity contribution in [2.24, 2.45) is 11.3 Å². The van der Waals surface area contributed by atoms with Gasteiger partial charge in [0.2, 0.25) is 5.91 Å². The number of fused-ring (bicyclic) bond motifs is 1. The Labute approximate surface area is 152 Å². The number of carbonyl (C=O) groups excluding carboxylic acids is 1. The van der Waals surface area contributed by atoms with Gasteiger partial charge in [0, 0.05) is 44.9 Å². The second-order valence-corrected chi connectivity index (χ2v) is 7.45. The van der Waals surface area contributed by atoms with Gasteiger partial charge in [-0.1, -0.05) is 11.2 Å². The van der Waals surface area contributed by atoms with E-state index in [9.17, 15) is 4.79 Å². The number of hydrogen-bond donors (Lipinski definition) is 0. The second kappa shape index (κ2) is 6.81. The Bertz CT molecular complexity index is 778. The van der Waals surface area contributed by atoms with Gasteiger partial charge in [0.05, 0.1) is 36.6 Å². The van der Waals surface area contributed by atoms with Crippen LogP contribution >= 0.6 is 0 Å². The molecule has 2 fully saturated rings. The second-order valence-electron chi connectivity index (χ2n) is 7.45. The highest BCUT2D eigenvalue weighted by Gasteiger charge is 2.56. The largest absolute Gasteiger partial charge is 0.380 e. The molecule has 2 saturated heterocycles. The van der Waals surface area contributed by atoms with Crippen molar-refractivity contribution < 1.29 is 14.1 Å². The quantitative estimate of drug-likeness (QED) is 0.808. The summed E-state index contributed by atoms with van der Waals surface area (Å²) in [4.78, 5) is 21.7. The molecule has 0 bridgehead atoms. The van der Waals surface area contributed by atoms with Gasteiger partial charge in [0.15, 0.2) is 0 Å². The number of likely N-dealkylation sites (tertiary alicyclic amines) is 1. The summed E-state index contributed by atoms with van der Waals surface area (Å²) in [5, 5.41) is 4.08. The van der Waals surface area contributed by atoms with E-state index < -0.39 is 5.41 Å². The highest BCUT2D eigenvalue weighted by molar-refractivity contribution is 5.84. The Morgan fingerprint density at radius 3 is 3.04 bits per heavy atom. The molecule has 7 heteroatoms. The molecule has 2 aromatic rings. The molecular weight excluding hydrogens is 332 g/mol. The molecule has 2 aliphatic rings. The van der Waals surface area contributed by atoms with Gasteiger partial charge in [-0.05, 0) is 19.1 Å². The van der Waals surface area contributed by atoms with Gasteiger partial charge in [0.1, 0.15) is 5.76 Å². The molecule has 0 radical (unpaired) electrons. The third-order valence-corrected chi connectivity index (χ3v) is 5.40. The lowest BCUT2D eigenvalue weighted by Crippen LogP contribution is -2.47. The van der Waals surface area contributed by atoms with Crippen LogP contribution in [0.4, 0.5) is 0 Å². The smallest absolute Gasteiger partial charge is 0.232 e. The Hall–Kier alpha value is -2.25. The minimum Gasteiger partial charge on any atom is -0.380 e. The van der Waals surface area contributed by atoms with Crippen molar-refractivity contribution >= 4 is 5.91 Å². The number of aryl methyl sites for hydroxylation is 1. The Kier molecular flexibility index (Phi) is 4.50. The predicted octanol–water partition coefficient (Wildman–Crippen LogP) is 1.49. The maximum Gasteiger partial charge on any atom is 0.232 e. The zero-order chi connectivity index (χ0) is 18.1. The van der Waals surface area contributed by atoms with Crippen molar-refractivity contribution in [3.05, 3.63) is 47.6 Å². The fourth-order valence-electron chi connectivity index (χ4n) is 4.17. The van der Waals surface area contributed by atoms with Crippen LogP contribution in [0.5, 0.6) is 0 Å². The van der Waals surface area contributed by atoms with E-state index in [1.165, 1.54) is 0 Å². The van der Waals surface area contributed by atoms with Crippen molar-refractivity contribution in [1.29, 1.82) is 0 Å². The van der Waals surface area contributed by atoms with Crippen LogP contribution in [0.15, 0.2) is 35.0 Å². The lowest BCUT2D eigenvalue weighted by atomic mass is 9.79. The summed E-state index contributed by atoms with van der Waals surface area (Å²) in [6, 6.07) is 7.72. The molecule has 0 N–H and O–H groups in total. The zero-order valence-electron chi connectivity index (χ0n) is 15.2. The Morgan fingerprint density at radius 1 is 1.42 bits per heavy atom. The number of ether oxygens (including phenoxy) is 1. The van der Waals surface area contributed by atoms with Gasteiger partial charge in [-0.15, -0.1) is 0 Å². The summed E-state index contributed by atoms with van der Waals surface area (Å²) in [6.07, 6.45) is 1.75. The zero-order valence-corrected chi connectivity index (χ0v) is 15.2. The normalized spacial score (nSPS) is 25.4. The summed E-state index contributed by atoms with van der Waals surface area (Å²) in [7, 11) is 1.85. The highest BCUT2D eigenvalue weighted by atomic mass is 16.5. The average Bonchev–Trinajstić information content (AvgIpc) is 3.30. The summed E-state index contributed by atoms with van der Waals surface area (Å²) in [5.41, 5.74) is 1.33. The molecule has 0 spiro atoms. The van der Waals surface area contributed by atoms with E-state index in [2.05, 4.69) is 15.0 Å². The summed E-state index contributed by atoms with van der Waals surface area (Å²) < 4.78 is 10.9. The topological polar surface area (TPSA) is 71.7 Å². The first-order valence-electron chi connectivity index (χ1n) is 8.94. The van der Waals surface area contributed by atoms with Crippen molar-refractivity contribution in [3.63, 3.8) is 0 Å². The lowest BCUT2D eigenvalue weighted by Gasteiger charge is -2.31. The first kappa shape index (κ1) is 17.2. The molecule has 0 unspecified atom stereocenters. The third-order valence-electron chi connectivity index (χ3n) is 5.40. The number of carbonyl (C=O) groups is 1. The summed E-state index contributed by atoms with van der Waals surface area (Å²) >= 11 is 0. The molecule has 1 amide bonds. The fraction of sp³-hybridized carbons (Fsp3) is 0.526. The van der Waals surface area contributed by atoms with Crippen LogP contribution in [0.2, 0.25) is 0 Å². The molecule has 2 aromatic heterocycles. The number of aromatic nitrogens is 2. The van der Waals surface area contributed by atoms with Crippen molar-refractivity contribution in [2.45, 2.75) is 20.0 Å². The molecule has 0 aromatic carbocycles. The van der Waals surface area contributed by atoms with Crippen LogP contribution < -0.4 is 0 Å². The summed E-state index contributed by atoms with van der Waals surface area (Å²) in [5.74, 6) is 1.17. The number of hydrogen-bond acceptors (Lipinski definition) is 6. The van der Waals surface area contributed by atoms with Crippen LogP contribution in [0.1, 0.15) is 17.1 Å². The summed E-state index contributed by atoms with van der Waals surface area (Å²) in [6.45, 7) is 5.75. The lowest BCUT2D eigenvalue weighted by molar-refractivity contribution is -0.142. The van der Waals surface area contributed by atoms with Crippen molar-refractivity contribution in [3.8, 4) is 0 Å². The highest BCUT2D eigenvalue weighted by Crippen LogP contribution is 2.43. The third kappa shape index (κ3) is 3.12. The van der Waals surface area contributed by atoms with E-state index >= 15 is 0 Å². The fourth-order valence-corrected chi connectivity index (χ4v) is 4.17. The molecule has 4 heterocycles. The minimum atomic E-state index is -0.470. The first-order valence-corrected chi connectivity index (χ1v) is 8.94. The molecule has 2 aliphatic heterocycles. The minimum absolute atomic E-state index is 0.143. The predicted molar refractivity (Wildman–Crippen MR) is 94.0 cm³/mol. The maximum atomic E-state index is 13.3. The van der Waals surface area contributed by atoms with Gasteiger partial charge in [-0.2, -0.15) is 0 Å².